The normalized spacial score (nSPS) is 19.0. The lowest BCUT2D eigenvalue weighted by Crippen LogP contribution is -2.45. The zero-order chi connectivity index (χ0) is 21.0. The number of esters is 2. The number of anilines is 1. The molecule has 9 nitrogen and oxygen atoms in total. The van der Waals surface area contributed by atoms with E-state index in [-0.39, 0.29) is 49.9 Å². The number of urea groups is 1. The Balaban J connectivity index is 1.64. The number of carbonyl (C=O) groups is 4. The van der Waals surface area contributed by atoms with Crippen LogP contribution in [0.1, 0.15) is 18.9 Å². The number of hydrogen-bond donors (Lipinski definition) is 2. The number of rotatable bonds is 6. The van der Waals surface area contributed by atoms with Gasteiger partial charge in [-0.2, -0.15) is 0 Å². The lowest BCUT2D eigenvalue weighted by atomic mass is 10.1. The molecule has 1 aromatic carbocycles. The summed E-state index contributed by atoms with van der Waals surface area (Å²) < 4.78 is 10.3. The van der Waals surface area contributed by atoms with Gasteiger partial charge >= 0.3 is 18.0 Å². The Morgan fingerprint density at radius 1 is 1.17 bits per heavy atom. The van der Waals surface area contributed by atoms with Gasteiger partial charge in [-0.3, -0.25) is 9.59 Å². The van der Waals surface area contributed by atoms with Crippen molar-refractivity contribution in [2.24, 2.45) is 5.92 Å². The van der Waals surface area contributed by atoms with Gasteiger partial charge in [0.1, 0.15) is 6.61 Å². The number of hydrogen-bond acceptors (Lipinski definition) is 6. The highest BCUT2D eigenvalue weighted by molar-refractivity contribution is 5.99. The second-order valence-corrected chi connectivity index (χ2v) is 6.83. The molecule has 1 fully saturated rings. The standard InChI is InChI=1S/C20H23N3O6/c1-3-28-19(26)15-9-21-20(27)22-16(15)11-29-18(25)13-8-17(24)23(10-13)14-6-4-12(2)5-7-14/h4-7,13H,3,8-11H2,1-2H3,(H2,21,22,27). The highest BCUT2D eigenvalue weighted by atomic mass is 16.5. The summed E-state index contributed by atoms with van der Waals surface area (Å²) in [6.07, 6.45) is 0.0460. The Labute approximate surface area is 168 Å². The van der Waals surface area contributed by atoms with Crippen molar-refractivity contribution < 1.29 is 28.7 Å². The van der Waals surface area contributed by atoms with Crippen LogP contribution in [0, 0.1) is 12.8 Å². The summed E-state index contributed by atoms with van der Waals surface area (Å²) >= 11 is 0. The third-order valence-electron chi connectivity index (χ3n) is 4.74. The molecule has 2 N–H and O–H groups in total. The second-order valence-electron chi connectivity index (χ2n) is 6.83. The van der Waals surface area contributed by atoms with Gasteiger partial charge in [0.05, 0.1) is 30.3 Å². The van der Waals surface area contributed by atoms with Gasteiger partial charge in [-0.25, -0.2) is 9.59 Å². The van der Waals surface area contributed by atoms with Crippen molar-refractivity contribution in [1.82, 2.24) is 10.6 Å². The SMILES string of the molecule is CCOC(=O)C1=C(COC(=O)C2CC(=O)N(c3ccc(C)cc3)C2)NC(=O)NC1. The van der Waals surface area contributed by atoms with E-state index < -0.39 is 23.9 Å². The smallest absolute Gasteiger partial charge is 0.337 e. The van der Waals surface area contributed by atoms with Crippen LogP contribution in [-0.2, 0) is 23.9 Å². The third-order valence-corrected chi connectivity index (χ3v) is 4.74. The Kier molecular flexibility index (Phi) is 6.16. The number of aryl methyl sites for hydroxylation is 1. The fourth-order valence-corrected chi connectivity index (χ4v) is 3.17. The summed E-state index contributed by atoms with van der Waals surface area (Å²) in [5.41, 5.74) is 2.18. The summed E-state index contributed by atoms with van der Waals surface area (Å²) in [5.74, 6) is -1.92. The van der Waals surface area contributed by atoms with Gasteiger partial charge < -0.3 is 25.0 Å². The molecule has 1 aromatic rings. The molecule has 3 amide bonds. The molecule has 29 heavy (non-hydrogen) atoms. The van der Waals surface area contributed by atoms with Crippen LogP contribution in [0.4, 0.5) is 10.5 Å². The van der Waals surface area contributed by atoms with Crippen molar-refractivity contribution in [1.29, 1.82) is 0 Å². The quantitative estimate of drug-likeness (QED) is 0.688. The maximum absolute atomic E-state index is 12.5. The van der Waals surface area contributed by atoms with Crippen molar-refractivity contribution >= 4 is 29.6 Å². The van der Waals surface area contributed by atoms with E-state index in [0.29, 0.717) is 0 Å². The fraction of sp³-hybridized carbons (Fsp3) is 0.400. The maximum Gasteiger partial charge on any atom is 0.337 e. The number of ether oxygens (including phenoxy) is 2. The monoisotopic (exact) mass is 401 g/mol. The maximum atomic E-state index is 12.5. The van der Waals surface area contributed by atoms with Gasteiger partial charge in [0.25, 0.3) is 0 Å². The van der Waals surface area contributed by atoms with E-state index >= 15 is 0 Å². The number of nitrogens with zero attached hydrogens (tertiary/aromatic N) is 1. The molecule has 2 aliphatic rings. The van der Waals surface area contributed by atoms with Crippen LogP contribution in [0.2, 0.25) is 0 Å². The number of benzene rings is 1. The lowest BCUT2D eigenvalue weighted by molar-refractivity contribution is -0.147. The molecule has 1 saturated heterocycles. The molecule has 0 aromatic heterocycles. The molecule has 0 aliphatic carbocycles. The van der Waals surface area contributed by atoms with Crippen LogP contribution >= 0.6 is 0 Å². The molecule has 0 spiro atoms. The van der Waals surface area contributed by atoms with Crippen molar-refractivity contribution in [3.8, 4) is 0 Å². The van der Waals surface area contributed by atoms with Crippen LogP contribution in [0.5, 0.6) is 0 Å². The second kappa shape index (κ2) is 8.76. The van der Waals surface area contributed by atoms with Crippen molar-refractivity contribution in [2.75, 3.05) is 31.2 Å². The van der Waals surface area contributed by atoms with Crippen LogP contribution < -0.4 is 15.5 Å². The molecule has 3 rings (SSSR count). The van der Waals surface area contributed by atoms with E-state index in [0.717, 1.165) is 11.3 Å². The zero-order valence-corrected chi connectivity index (χ0v) is 16.3. The lowest BCUT2D eigenvalue weighted by Gasteiger charge is -2.21. The van der Waals surface area contributed by atoms with E-state index in [1.807, 2.05) is 31.2 Å². The highest BCUT2D eigenvalue weighted by Gasteiger charge is 2.36. The highest BCUT2D eigenvalue weighted by Crippen LogP contribution is 2.26. The Morgan fingerprint density at radius 2 is 1.90 bits per heavy atom. The molecule has 1 atom stereocenters. The largest absolute Gasteiger partial charge is 0.463 e. The average molecular weight is 401 g/mol. The van der Waals surface area contributed by atoms with Gasteiger partial charge in [0.15, 0.2) is 0 Å². The van der Waals surface area contributed by atoms with Gasteiger partial charge in [0, 0.05) is 18.7 Å². The Hall–Kier alpha value is -3.36. The number of amides is 3. The summed E-state index contributed by atoms with van der Waals surface area (Å²) in [4.78, 5) is 49.9. The average Bonchev–Trinajstić information content (AvgIpc) is 3.08. The van der Waals surface area contributed by atoms with Crippen molar-refractivity contribution in [3.63, 3.8) is 0 Å². The minimum atomic E-state index is -0.618. The van der Waals surface area contributed by atoms with E-state index in [9.17, 15) is 19.2 Å². The van der Waals surface area contributed by atoms with Crippen molar-refractivity contribution in [3.05, 3.63) is 41.1 Å². The first-order valence-corrected chi connectivity index (χ1v) is 9.36. The molecule has 2 aliphatic heterocycles. The molecular weight excluding hydrogens is 378 g/mol. The molecule has 2 heterocycles. The first-order valence-electron chi connectivity index (χ1n) is 9.36. The summed E-state index contributed by atoms with van der Waals surface area (Å²) in [7, 11) is 0. The van der Waals surface area contributed by atoms with Gasteiger partial charge in [-0.1, -0.05) is 17.7 Å². The third kappa shape index (κ3) is 4.74. The number of carbonyl (C=O) groups excluding carboxylic acids is 4. The fourth-order valence-electron chi connectivity index (χ4n) is 3.17. The molecule has 0 bridgehead atoms. The first kappa shape index (κ1) is 20.4. The van der Waals surface area contributed by atoms with Crippen LogP contribution in [0.25, 0.3) is 0 Å². The predicted molar refractivity (Wildman–Crippen MR) is 103 cm³/mol. The summed E-state index contributed by atoms with van der Waals surface area (Å²) in [6.45, 7) is 3.73. The summed E-state index contributed by atoms with van der Waals surface area (Å²) in [6, 6.07) is 6.98. The minimum absolute atomic E-state index is 0.0132. The molecule has 154 valence electrons. The molecule has 0 radical (unpaired) electrons. The first-order chi connectivity index (χ1) is 13.9. The van der Waals surface area contributed by atoms with E-state index in [4.69, 9.17) is 9.47 Å². The van der Waals surface area contributed by atoms with Gasteiger partial charge in [-0.05, 0) is 26.0 Å². The van der Waals surface area contributed by atoms with Gasteiger partial charge in [-0.15, -0.1) is 0 Å². The predicted octanol–water partition coefficient (Wildman–Crippen LogP) is 1.02. The van der Waals surface area contributed by atoms with Gasteiger partial charge in [0.2, 0.25) is 5.91 Å². The number of nitrogens with one attached hydrogen (secondary N) is 2. The van der Waals surface area contributed by atoms with Crippen molar-refractivity contribution in [2.45, 2.75) is 20.3 Å². The Morgan fingerprint density at radius 3 is 2.59 bits per heavy atom. The minimum Gasteiger partial charge on any atom is -0.463 e. The molecule has 9 heteroatoms. The topological polar surface area (TPSA) is 114 Å². The zero-order valence-electron chi connectivity index (χ0n) is 16.3. The molecule has 1 unspecified atom stereocenters. The van der Waals surface area contributed by atoms with Crippen LogP contribution in [0.15, 0.2) is 35.5 Å². The molecular formula is C20H23N3O6. The molecule has 0 saturated carbocycles. The van der Waals surface area contributed by atoms with E-state index in [1.54, 1.807) is 11.8 Å². The summed E-state index contributed by atoms with van der Waals surface area (Å²) in [5, 5.41) is 4.95. The van der Waals surface area contributed by atoms with E-state index in [1.165, 1.54) is 0 Å². The van der Waals surface area contributed by atoms with E-state index in [2.05, 4.69) is 10.6 Å². The van der Waals surface area contributed by atoms with Crippen LogP contribution in [0.3, 0.4) is 0 Å². The van der Waals surface area contributed by atoms with Crippen LogP contribution in [-0.4, -0.2) is 50.2 Å². The Bertz CT molecular complexity index is 861.